The Labute approximate surface area is 164 Å². The van der Waals surface area contributed by atoms with E-state index >= 15 is 0 Å². The van der Waals surface area contributed by atoms with Crippen molar-refractivity contribution in [1.82, 2.24) is 4.90 Å². The van der Waals surface area contributed by atoms with Crippen molar-refractivity contribution in [3.8, 4) is 0 Å². The van der Waals surface area contributed by atoms with E-state index in [1.54, 1.807) is 4.90 Å². The molecule has 8 heteroatoms. The summed E-state index contributed by atoms with van der Waals surface area (Å²) in [6.45, 7) is 4.13. The van der Waals surface area contributed by atoms with Crippen molar-refractivity contribution in [2.24, 2.45) is 0 Å². The van der Waals surface area contributed by atoms with Gasteiger partial charge >= 0.3 is 0 Å². The van der Waals surface area contributed by atoms with Crippen LogP contribution in [0.1, 0.15) is 10.4 Å². The summed E-state index contributed by atoms with van der Waals surface area (Å²) in [4.78, 5) is 14.8. The zero-order valence-corrected chi connectivity index (χ0v) is 15.9. The largest absolute Gasteiger partial charge is 0.377 e. The molecule has 3 aliphatic rings. The quantitative estimate of drug-likeness (QED) is 0.695. The van der Waals surface area contributed by atoms with Gasteiger partial charge in [-0.3, -0.25) is 4.79 Å². The molecule has 3 saturated heterocycles. The lowest BCUT2D eigenvalue weighted by Gasteiger charge is -2.48. The van der Waals surface area contributed by atoms with Gasteiger partial charge in [0.2, 0.25) is 5.79 Å². The van der Waals surface area contributed by atoms with E-state index in [-0.39, 0.29) is 24.7 Å². The van der Waals surface area contributed by atoms with Gasteiger partial charge in [0.25, 0.3) is 5.91 Å². The van der Waals surface area contributed by atoms with Crippen molar-refractivity contribution in [2.75, 3.05) is 65.9 Å². The van der Waals surface area contributed by atoms with Gasteiger partial charge in [-0.15, -0.1) is 0 Å². The van der Waals surface area contributed by atoms with E-state index < -0.39 is 5.79 Å². The molecule has 0 saturated carbocycles. The highest BCUT2D eigenvalue weighted by Gasteiger charge is 2.47. The highest BCUT2D eigenvalue weighted by Crippen LogP contribution is 2.30. The summed E-state index contributed by atoms with van der Waals surface area (Å²) in [6.07, 6.45) is -0.572. The van der Waals surface area contributed by atoms with Gasteiger partial charge in [0.05, 0.1) is 52.8 Å². The van der Waals surface area contributed by atoms with Gasteiger partial charge in [-0.2, -0.15) is 0 Å². The molecule has 3 heterocycles. The van der Waals surface area contributed by atoms with Crippen LogP contribution in [0.2, 0.25) is 0 Å². The lowest BCUT2D eigenvalue weighted by atomic mass is 10.1. The van der Waals surface area contributed by atoms with Gasteiger partial charge in [-0.05, 0) is 12.1 Å². The first kappa shape index (κ1) is 19.8. The van der Waals surface area contributed by atoms with Crippen LogP contribution in [0.3, 0.4) is 0 Å². The van der Waals surface area contributed by atoms with Crippen molar-refractivity contribution >= 4 is 5.91 Å². The Hall–Kier alpha value is -1.55. The van der Waals surface area contributed by atoms with E-state index in [4.69, 9.17) is 28.4 Å². The number of hydrogen-bond donors (Lipinski definition) is 0. The molecular weight excluding hydrogens is 366 g/mol. The van der Waals surface area contributed by atoms with E-state index in [9.17, 15) is 4.79 Å². The average Bonchev–Trinajstić information content (AvgIpc) is 2.72. The maximum absolute atomic E-state index is 13.1. The fourth-order valence-corrected chi connectivity index (χ4v) is 3.70. The Morgan fingerprint density at radius 1 is 0.857 bits per heavy atom. The Balaban J connectivity index is 1.52. The third-order valence-corrected chi connectivity index (χ3v) is 4.90. The number of hydrogen-bond acceptors (Lipinski definition) is 7. The lowest BCUT2D eigenvalue weighted by Crippen LogP contribution is -2.64. The minimum atomic E-state index is -1.01. The number of morpholine rings is 1. The smallest absolute Gasteiger partial charge is 0.254 e. The number of carbonyl (C=O) groups is 1. The molecule has 28 heavy (non-hydrogen) atoms. The van der Waals surface area contributed by atoms with Crippen molar-refractivity contribution in [2.45, 2.75) is 18.0 Å². The van der Waals surface area contributed by atoms with Crippen molar-refractivity contribution < 1.29 is 33.2 Å². The number of rotatable bonds is 1. The molecule has 1 aromatic carbocycles. The summed E-state index contributed by atoms with van der Waals surface area (Å²) in [5, 5.41) is 0. The van der Waals surface area contributed by atoms with Gasteiger partial charge in [0.15, 0.2) is 0 Å². The van der Waals surface area contributed by atoms with Gasteiger partial charge in [-0.1, -0.05) is 18.2 Å². The first-order chi connectivity index (χ1) is 13.7. The molecule has 0 aromatic heterocycles. The van der Waals surface area contributed by atoms with Crippen LogP contribution in [-0.2, 0) is 28.4 Å². The maximum atomic E-state index is 13.1. The third kappa shape index (κ3) is 4.89. The highest BCUT2D eigenvalue weighted by molar-refractivity contribution is 5.94. The maximum Gasteiger partial charge on any atom is 0.254 e. The Bertz CT molecular complexity index is 639. The fraction of sp³-hybridized carbons (Fsp3) is 0.650. The molecule has 0 N–H and O–H groups in total. The van der Waals surface area contributed by atoms with Crippen LogP contribution >= 0.6 is 0 Å². The second-order valence-electron chi connectivity index (χ2n) is 7.22. The van der Waals surface area contributed by atoms with Crippen LogP contribution in [0.25, 0.3) is 0 Å². The van der Waals surface area contributed by atoms with Gasteiger partial charge in [-0.25, -0.2) is 0 Å². The number of nitrogens with zero attached hydrogens (tertiary/aromatic N) is 1. The van der Waals surface area contributed by atoms with Crippen LogP contribution in [0.15, 0.2) is 30.3 Å². The number of benzene rings is 1. The molecule has 0 aliphatic carbocycles. The van der Waals surface area contributed by atoms with Gasteiger partial charge in [0.1, 0.15) is 18.8 Å². The Morgan fingerprint density at radius 2 is 1.50 bits per heavy atom. The van der Waals surface area contributed by atoms with Crippen LogP contribution < -0.4 is 0 Å². The molecule has 4 rings (SSSR count). The third-order valence-electron chi connectivity index (χ3n) is 4.90. The molecular formula is C20H27NO7. The van der Waals surface area contributed by atoms with E-state index in [0.717, 1.165) is 0 Å². The summed E-state index contributed by atoms with van der Waals surface area (Å²) < 4.78 is 35.1. The summed E-state index contributed by atoms with van der Waals surface area (Å²) >= 11 is 0. The zero-order chi connectivity index (χ0) is 19.2. The normalized spacial score (nSPS) is 32.4. The van der Waals surface area contributed by atoms with Gasteiger partial charge in [0, 0.05) is 12.1 Å². The summed E-state index contributed by atoms with van der Waals surface area (Å²) in [5.74, 6) is -1.07. The second-order valence-corrected chi connectivity index (χ2v) is 7.22. The fourth-order valence-electron chi connectivity index (χ4n) is 3.70. The predicted octanol–water partition coefficient (Wildman–Crippen LogP) is 0.703. The average molecular weight is 393 g/mol. The predicted molar refractivity (Wildman–Crippen MR) is 98.1 cm³/mol. The molecule has 3 unspecified atom stereocenters. The number of amides is 1. The summed E-state index contributed by atoms with van der Waals surface area (Å²) in [6, 6.07) is 9.23. The van der Waals surface area contributed by atoms with E-state index in [2.05, 4.69) is 0 Å². The van der Waals surface area contributed by atoms with Crippen LogP contribution in [0.4, 0.5) is 0 Å². The minimum Gasteiger partial charge on any atom is -0.377 e. The van der Waals surface area contributed by atoms with Crippen molar-refractivity contribution in [3.05, 3.63) is 35.9 Å². The molecule has 154 valence electrons. The molecule has 1 aromatic rings. The Morgan fingerprint density at radius 3 is 2.29 bits per heavy atom. The first-order valence-corrected chi connectivity index (χ1v) is 9.75. The lowest BCUT2D eigenvalue weighted by molar-refractivity contribution is -0.355. The molecule has 1 amide bonds. The molecule has 3 bridgehead atoms. The second kappa shape index (κ2) is 9.30. The first-order valence-electron chi connectivity index (χ1n) is 9.75. The summed E-state index contributed by atoms with van der Waals surface area (Å²) in [5.41, 5.74) is 0.638. The minimum absolute atomic E-state index is 0.0558. The molecule has 8 nitrogen and oxygen atoms in total. The van der Waals surface area contributed by atoms with Crippen molar-refractivity contribution in [3.63, 3.8) is 0 Å². The molecule has 1 spiro atoms. The van der Waals surface area contributed by atoms with E-state index in [0.29, 0.717) is 64.9 Å². The number of ether oxygens (including phenoxy) is 6. The summed E-state index contributed by atoms with van der Waals surface area (Å²) in [7, 11) is 0. The van der Waals surface area contributed by atoms with Crippen LogP contribution in [-0.4, -0.2) is 94.7 Å². The Kier molecular flexibility index (Phi) is 6.56. The standard InChI is InChI=1S/C20H27NO7/c22-19(16-4-2-1-3-5-16)21-10-17-11-24-8-6-23-7-9-25-12-18-13-26-15-20(14-21,27-17)28-18/h1-5,17-18H,6-15H2. The molecule has 3 fully saturated rings. The van der Waals surface area contributed by atoms with E-state index in [1.165, 1.54) is 0 Å². The van der Waals surface area contributed by atoms with Gasteiger partial charge < -0.3 is 33.3 Å². The molecule has 3 atom stereocenters. The molecule has 0 radical (unpaired) electrons. The zero-order valence-electron chi connectivity index (χ0n) is 15.9. The number of fused-ring (bicyclic) bond motifs is 2. The SMILES string of the molecule is O=C(c1ccccc1)N1CC2COCCOCCOCC3COCC(C1)(O3)O2. The highest BCUT2D eigenvalue weighted by atomic mass is 16.8. The van der Waals surface area contributed by atoms with E-state index in [1.807, 2.05) is 30.3 Å². The monoisotopic (exact) mass is 393 g/mol. The van der Waals surface area contributed by atoms with Crippen LogP contribution in [0.5, 0.6) is 0 Å². The topological polar surface area (TPSA) is 75.7 Å². The van der Waals surface area contributed by atoms with Crippen LogP contribution in [0, 0.1) is 0 Å². The van der Waals surface area contributed by atoms with Crippen molar-refractivity contribution in [1.29, 1.82) is 0 Å². The molecule has 3 aliphatic heterocycles. The number of carbonyl (C=O) groups excluding carboxylic acids is 1.